The third-order valence-electron chi connectivity index (χ3n) is 2.36. The van der Waals surface area contributed by atoms with Crippen LogP contribution in [0.25, 0.3) is 11.3 Å². The van der Waals surface area contributed by atoms with Crippen molar-refractivity contribution in [3.63, 3.8) is 0 Å². The highest BCUT2D eigenvalue weighted by Crippen LogP contribution is 2.19. The van der Waals surface area contributed by atoms with E-state index >= 15 is 0 Å². The maximum absolute atomic E-state index is 8.69. The van der Waals surface area contributed by atoms with Gasteiger partial charge in [-0.15, -0.1) is 0 Å². The molecule has 74 valence electrons. The van der Waals surface area contributed by atoms with E-state index in [1.54, 1.807) is 0 Å². The van der Waals surface area contributed by atoms with Gasteiger partial charge in [0.05, 0.1) is 29.9 Å². The lowest BCUT2D eigenvalue weighted by Gasteiger charge is -2.04. The predicted octanol–water partition coefficient (Wildman–Crippen LogP) is 2.44. The minimum Gasteiger partial charge on any atom is -0.331 e. The van der Waals surface area contributed by atoms with Crippen molar-refractivity contribution < 1.29 is 0 Å². The summed E-state index contributed by atoms with van der Waals surface area (Å²) in [6.07, 6.45) is 3.65. The van der Waals surface area contributed by atoms with Crippen LogP contribution in [0.3, 0.4) is 0 Å². The van der Waals surface area contributed by atoms with Gasteiger partial charge in [0.15, 0.2) is 0 Å². The highest BCUT2D eigenvalue weighted by atomic mass is 15.0. The Kier molecular flexibility index (Phi) is 2.51. The number of aromatic nitrogens is 2. The van der Waals surface area contributed by atoms with Gasteiger partial charge in [-0.2, -0.15) is 5.26 Å². The first-order valence-electron chi connectivity index (χ1n) is 4.86. The molecule has 3 nitrogen and oxygen atoms in total. The Hall–Kier alpha value is -2.08. The molecule has 0 fully saturated rings. The third-order valence-corrected chi connectivity index (χ3v) is 2.36. The summed E-state index contributed by atoms with van der Waals surface area (Å²) in [5, 5.41) is 8.69. The van der Waals surface area contributed by atoms with E-state index in [1.807, 2.05) is 36.8 Å². The molecule has 2 rings (SSSR count). The Morgan fingerprint density at radius 1 is 1.33 bits per heavy atom. The lowest BCUT2D eigenvalue weighted by atomic mass is 10.1. The van der Waals surface area contributed by atoms with Crippen LogP contribution in [-0.2, 0) is 6.54 Å². The van der Waals surface area contributed by atoms with Gasteiger partial charge in [-0.05, 0) is 24.6 Å². The van der Waals surface area contributed by atoms with Crippen molar-refractivity contribution in [1.82, 2.24) is 9.55 Å². The molecule has 0 amide bonds. The Labute approximate surface area is 88.6 Å². The molecule has 3 heteroatoms. The number of aryl methyl sites for hydroxylation is 1. The van der Waals surface area contributed by atoms with Gasteiger partial charge in [-0.3, -0.25) is 0 Å². The first-order valence-corrected chi connectivity index (χ1v) is 4.86. The molecule has 0 spiro atoms. The zero-order valence-electron chi connectivity index (χ0n) is 8.51. The first kappa shape index (κ1) is 9.47. The average molecular weight is 197 g/mol. The van der Waals surface area contributed by atoms with Crippen LogP contribution in [-0.4, -0.2) is 9.55 Å². The minimum absolute atomic E-state index is 0.682. The summed E-state index contributed by atoms with van der Waals surface area (Å²) in [4.78, 5) is 4.11. The molecular weight excluding hydrogens is 186 g/mol. The van der Waals surface area contributed by atoms with Gasteiger partial charge in [0.1, 0.15) is 0 Å². The molecule has 0 aliphatic rings. The van der Waals surface area contributed by atoms with E-state index in [2.05, 4.69) is 22.5 Å². The van der Waals surface area contributed by atoms with Crippen LogP contribution in [0.4, 0.5) is 0 Å². The van der Waals surface area contributed by atoms with Gasteiger partial charge in [0.25, 0.3) is 0 Å². The molecule has 2 aromatic rings. The Bertz CT molecular complexity index is 488. The van der Waals surface area contributed by atoms with Gasteiger partial charge in [0.2, 0.25) is 0 Å². The van der Waals surface area contributed by atoms with E-state index in [9.17, 15) is 0 Å². The highest BCUT2D eigenvalue weighted by molar-refractivity contribution is 5.60. The minimum atomic E-state index is 0.682. The summed E-state index contributed by atoms with van der Waals surface area (Å²) in [6.45, 7) is 2.98. The molecule has 0 unspecified atom stereocenters. The fourth-order valence-corrected chi connectivity index (χ4v) is 1.53. The standard InChI is InChI=1S/C12H11N3/c1-2-15-9-14-8-12(15)11-5-3-10(7-13)4-6-11/h3-6,8-9H,2H2,1H3. The van der Waals surface area contributed by atoms with Crippen molar-refractivity contribution in [1.29, 1.82) is 5.26 Å². The van der Waals surface area contributed by atoms with E-state index in [0.717, 1.165) is 17.8 Å². The van der Waals surface area contributed by atoms with E-state index in [4.69, 9.17) is 5.26 Å². The van der Waals surface area contributed by atoms with Crippen molar-refractivity contribution in [2.45, 2.75) is 13.5 Å². The molecule has 0 saturated carbocycles. The number of imidazole rings is 1. The van der Waals surface area contributed by atoms with Crippen LogP contribution in [0.5, 0.6) is 0 Å². The fraction of sp³-hybridized carbons (Fsp3) is 0.167. The first-order chi connectivity index (χ1) is 7.35. The molecule has 0 saturated heterocycles. The number of benzene rings is 1. The summed E-state index contributed by atoms with van der Waals surface area (Å²) < 4.78 is 2.07. The molecule has 0 aliphatic heterocycles. The molecular formula is C12H11N3. The van der Waals surface area contributed by atoms with Crippen LogP contribution in [0.15, 0.2) is 36.8 Å². The van der Waals surface area contributed by atoms with Gasteiger partial charge in [-0.1, -0.05) is 12.1 Å². The molecule has 0 atom stereocenters. The third kappa shape index (κ3) is 1.75. The zero-order valence-corrected chi connectivity index (χ0v) is 8.51. The van der Waals surface area contributed by atoms with Crippen molar-refractivity contribution >= 4 is 0 Å². The maximum Gasteiger partial charge on any atom is 0.0991 e. The number of nitriles is 1. The number of hydrogen-bond donors (Lipinski definition) is 0. The Morgan fingerprint density at radius 3 is 2.67 bits per heavy atom. The molecule has 0 radical (unpaired) electrons. The molecule has 1 aromatic carbocycles. The monoisotopic (exact) mass is 197 g/mol. The normalized spacial score (nSPS) is 9.87. The van der Waals surface area contributed by atoms with Gasteiger partial charge in [0, 0.05) is 6.54 Å². The van der Waals surface area contributed by atoms with Crippen molar-refractivity contribution in [2.24, 2.45) is 0 Å². The summed E-state index contributed by atoms with van der Waals surface area (Å²) in [7, 11) is 0. The van der Waals surface area contributed by atoms with Crippen LogP contribution >= 0.6 is 0 Å². The van der Waals surface area contributed by atoms with Crippen LogP contribution in [0.1, 0.15) is 12.5 Å². The summed E-state index contributed by atoms with van der Waals surface area (Å²) in [5.41, 5.74) is 2.86. The van der Waals surface area contributed by atoms with Crippen LogP contribution in [0.2, 0.25) is 0 Å². The lowest BCUT2D eigenvalue weighted by Crippen LogP contribution is -1.94. The van der Waals surface area contributed by atoms with Crippen molar-refractivity contribution in [2.75, 3.05) is 0 Å². The molecule has 15 heavy (non-hydrogen) atoms. The van der Waals surface area contributed by atoms with E-state index in [-0.39, 0.29) is 0 Å². The fourth-order valence-electron chi connectivity index (χ4n) is 1.53. The quantitative estimate of drug-likeness (QED) is 0.742. The number of rotatable bonds is 2. The SMILES string of the molecule is CCn1cncc1-c1ccc(C#N)cc1. The van der Waals surface area contributed by atoms with Gasteiger partial charge < -0.3 is 4.57 Å². The lowest BCUT2D eigenvalue weighted by molar-refractivity contribution is 0.769. The van der Waals surface area contributed by atoms with Crippen molar-refractivity contribution in [3.05, 3.63) is 42.4 Å². The summed E-state index contributed by atoms with van der Waals surface area (Å²) >= 11 is 0. The zero-order chi connectivity index (χ0) is 10.7. The molecule has 0 aliphatic carbocycles. The largest absolute Gasteiger partial charge is 0.331 e. The number of hydrogen-bond acceptors (Lipinski definition) is 2. The average Bonchev–Trinajstić information content (AvgIpc) is 2.77. The second-order valence-electron chi connectivity index (χ2n) is 3.25. The van der Waals surface area contributed by atoms with Crippen molar-refractivity contribution in [3.8, 4) is 17.3 Å². The molecule has 0 N–H and O–H groups in total. The van der Waals surface area contributed by atoms with E-state index < -0.39 is 0 Å². The molecule has 0 bridgehead atoms. The van der Waals surface area contributed by atoms with E-state index in [1.165, 1.54) is 0 Å². The van der Waals surface area contributed by atoms with Crippen LogP contribution < -0.4 is 0 Å². The predicted molar refractivity (Wildman–Crippen MR) is 58.1 cm³/mol. The summed E-state index contributed by atoms with van der Waals surface area (Å²) in [6, 6.07) is 9.64. The van der Waals surface area contributed by atoms with Gasteiger partial charge in [-0.25, -0.2) is 4.98 Å². The van der Waals surface area contributed by atoms with Crippen LogP contribution in [0, 0.1) is 11.3 Å². The maximum atomic E-state index is 8.69. The van der Waals surface area contributed by atoms with E-state index in [0.29, 0.717) is 5.56 Å². The van der Waals surface area contributed by atoms with Gasteiger partial charge >= 0.3 is 0 Å². The Morgan fingerprint density at radius 2 is 2.07 bits per heavy atom. The Balaban J connectivity index is 2.42. The molecule has 1 heterocycles. The number of nitrogens with zero attached hydrogens (tertiary/aromatic N) is 3. The topological polar surface area (TPSA) is 41.6 Å². The summed E-state index contributed by atoms with van der Waals surface area (Å²) in [5.74, 6) is 0. The highest BCUT2D eigenvalue weighted by Gasteiger charge is 2.02. The smallest absolute Gasteiger partial charge is 0.0991 e. The second-order valence-corrected chi connectivity index (χ2v) is 3.25. The molecule has 1 aromatic heterocycles. The second kappa shape index (κ2) is 3.97.